The highest BCUT2D eigenvalue weighted by Gasteiger charge is 2.14. The Labute approximate surface area is 121 Å². The summed E-state index contributed by atoms with van der Waals surface area (Å²) in [6.07, 6.45) is 0. The van der Waals surface area contributed by atoms with E-state index in [0.29, 0.717) is 0 Å². The molecule has 0 bridgehead atoms. The molecule has 0 fully saturated rings. The summed E-state index contributed by atoms with van der Waals surface area (Å²) in [5.41, 5.74) is 4.73. The molecule has 0 atom stereocenters. The van der Waals surface area contributed by atoms with Crippen molar-refractivity contribution in [1.82, 2.24) is 9.55 Å². The van der Waals surface area contributed by atoms with E-state index < -0.39 is 0 Å². The third-order valence-corrected chi connectivity index (χ3v) is 3.65. The van der Waals surface area contributed by atoms with Crippen LogP contribution < -0.4 is 0 Å². The largest absolute Gasteiger partial charge is 0.295 e. The van der Waals surface area contributed by atoms with Crippen LogP contribution in [-0.4, -0.2) is 9.55 Å². The Kier molecular flexibility index (Phi) is 3.22. The quantitative estimate of drug-likeness (QED) is 0.634. The van der Waals surface area contributed by atoms with Crippen molar-refractivity contribution < 1.29 is 4.39 Å². The lowest BCUT2D eigenvalue weighted by molar-refractivity contribution is 0.626. The van der Waals surface area contributed by atoms with E-state index in [0.717, 1.165) is 33.7 Å². The van der Waals surface area contributed by atoms with E-state index in [4.69, 9.17) is 11.6 Å². The number of imidazole rings is 1. The molecule has 1 aromatic heterocycles. The molecule has 2 nitrogen and oxygen atoms in total. The van der Waals surface area contributed by atoms with Gasteiger partial charge in [-0.25, -0.2) is 9.37 Å². The fourth-order valence-electron chi connectivity index (χ4n) is 2.42. The van der Waals surface area contributed by atoms with Crippen LogP contribution in [0.25, 0.3) is 16.7 Å². The molecule has 0 aliphatic rings. The third-order valence-electron chi connectivity index (χ3n) is 3.41. The van der Waals surface area contributed by atoms with Crippen molar-refractivity contribution in [3.63, 3.8) is 0 Å². The minimum Gasteiger partial charge on any atom is -0.295 e. The summed E-state index contributed by atoms with van der Waals surface area (Å²) in [7, 11) is 0. The van der Waals surface area contributed by atoms with Gasteiger partial charge in [-0.1, -0.05) is 12.1 Å². The third kappa shape index (κ3) is 2.08. The molecule has 20 heavy (non-hydrogen) atoms. The van der Waals surface area contributed by atoms with Crippen molar-refractivity contribution in [2.75, 3.05) is 0 Å². The maximum absolute atomic E-state index is 13.6. The predicted octanol–water partition coefficient (Wildman–Crippen LogP) is 4.52. The summed E-state index contributed by atoms with van der Waals surface area (Å²) in [6.45, 7) is 3.98. The van der Waals surface area contributed by atoms with Crippen molar-refractivity contribution in [3.8, 4) is 5.69 Å². The van der Waals surface area contributed by atoms with Crippen LogP contribution in [0.1, 0.15) is 17.0 Å². The molecule has 102 valence electrons. The highest BCUT2D eigenvalue weighted by molar-refractivity contribution is 6.17. The van der Waals surface area contributed by atoms with E-state index in [2.05, 4.69) is 4.98 Å². The topological polar surface area (TPSA) is 17.8 Å². The Bertz CT molecular complexity index is 793. The predicted molar refractivity (Wildman–Crippen MR) is 80.1 cm³/mol. The number of benzene rings is 2. The molecule has 0 radical (unpaired) electrons. The average molecular weight is 289 g/mol. The first-order chi connectivity index (χ1) is 9.60. The number of halogens is 2. The van der Waals surface area contributed by atoms with Gasteiger partial charge in [-0.15, -0.1) is 11.6 Å². The van der Waals surface area contributed by atoms with Gasteiger partial charge in [-0.05, 0) is 49.2 Å². The van der Waals surface area contributed by atoms with Gasteiger partial charge in [0, 0.05) is 0 Å². The van der Waals surface area contributed by atoms with Crippen LogP contribution in [0.15, 0.2) is 36.4 Å². The molecule has 0 N–H and O–H groups in total. The molecule has 0 saturated carbocycles. The number of hydrogen-bond acceptors (Lipinski definition) is 1. The summed E-state index contributed by atoms with van der Waals surface area (Å²) in [5, 5.41) is 0. The summed E-state index contributed by atoms with van der Waals surface area (Å²) < 4.78 is 15.5. The SMILES string of the molecule is Cc1ccc2nc(CCl)n(-c3cc(F)ccc3C)c2c1. The first-order valence-corrected chi connectivity index (χ1v) is 6.94. The fourth-order valence-corrected chi connectivity index (χ4v) is 2.60. The maximum atomic E-state index is 13.6. The van der Waals surface area contributed by atoms with E-state index in [1.54, 1.807) is 6.07 Å². The molecule has 4 heteroatoms. The van der Waals surface area contributed by atoms with Crippen LogP contribution in [0.5, 0.6) is 0 Å². The van der Waals surface area contributed by atoms with Gasteiger partial charge in [0.15, 0.2) is 0 Å². The normalized spacial score (nSPS) is 11.2. The maximum Gasteiger partial charge on any atom is 0.129 e. The molecule has 0 aliphatic carbocycles. The molecule has 0 unspecified atom stereocenters. The number of nitrogens with zero attached hydrogens (tertiary/aromatic N) is 2. The highest BCUT2D eigenvalue weighted by Crippen LogP contribution is 2.26. The van der Waals surface area contributed by atoms with E-state index in [9.17, 15) is 4.39 Å². The van der Waals surface area contributed by atoms with E-state index in [1.807, 2.05) is 36.6 Å². The molecule has 3 rings (SSSR count). The Hall–Kier alpha value is -1.87. The van der Waals surface area contributed by atoms with Crippen LogP contribution >= 0.6 is 11.6 Å². The van der Waals surface area contributed by atoms with Gasteiger partial charge in [0.25, 0.3) is 0 Å². The van der Waals surface area contributed by atoms with Gasteiger partial charge in [-0.2, -0.15) is 0 Å². The number of alkyl halides is 1. The molecule has 2 aromatic carbocycles. The van der Waals surface area contributed by atoms with Crippen molar-refractivity contribution >= 4 is 22.6 Å². The van der Waals surface area contributed by atoms with Crippen molar-refractivity contribution in [2.24, 2.45) is 0 Å². The van der Waals surface area contributed by atoms with Crippen LogP contribution in [0, 0.1) is 19.7 Å². The van der Waals surface area contributed by atoms with Crippen LogP contribution in [-0.2, 0) is 5.88 Å². The number of hydrogen-bond donors (Lipinski definition) is 0. The van der Waals surface area contributed by atoms with Crippen LogP contribution in [0.4, 0.5) is 4.39 Å². The van der Waals surface area contributed by atoms with E-state index >= 15 is 0 Å². The second-order valence-corrected chi connectivity index (χ2v) is 5.19. The molecule has 0 spiro atoms. The van der Waals surface area contributed by atoms with E-state index in [1.165, 1.54) is 12.1 Å². The lowest BCUT2D eigenvalue weighted by atomic mass is 10.1. The fraction of sp³-hybridized carbons (Fsp3) is 0.188. The van der Waals surface area contributed by atoms with Gasteiger partial charge < -0.3 is 0 Å². The Morgan fingerprint density at radius 2 is 1.95 bits per heavy atom. The van der Waals surface area contributed by atoms with Crippen LogP contribution in [0.3, 0.4) is 0 Å². The average Bonchev–Trinajstić information content (AvgIpc) is 2.79. The lowest BCUT2D eigenvalue weighted by Gasteiger charge is -2.11. The second kappa shape index (κ2) is 4.91. The van der Waals surface area contributed by atoms with Crippen molar-refractivity contribution in [1.29, 1.82) is 0 Å². The summed E-state index contributed by atoms with van der Waals surface area (Å²) in [6, 6.07) is 10.8. The zero-order valence-electron chi connectivity index (χ0n) is 11.3. The van der Waals surface area contributed by atoms with Gasteiger partial charge in [-0.3, -0.25) is 4.57 Å². The first-order valence-electron chi connectivity index (χ1n) is 6.40. The molecular weight excluding hydrogens is 275 g/mol. The zero-order valence-corrected chi connectivity index (χ0v) is 12.1. The number of rotatable bonds is 2. The standard InChI is InChI=1S/C16H14ClFN2/c1-10-3-6-13-15(7-10)20(16(9-17)19-13)14-8-12(18)5-4-11(14)2/h3-8H,9H2,1-2H3. The summed E-state index contributed by atoms with van der Waals surface area (Å²) in [4.78, 5) is 4.53. The van der Waals surface area contributed by atoms with Gasteiger partial charge in [0.1, 0.15) is 11.6 Å². The minimum atomic E-state index is -0.263. The van der Waals surface area contributed by atoms with Crippen molar-refractivity contribution in [3.05, 3.63) is 59.2 Å². The van der Waals surface area contributed by atoms with Crippen LogP contribution in [0.2, 0.25) is 0 Å². The monoisotopic (exact) mass is 288 g/mol. The Morgan fingerprint density at radius 3 is 2.70 bits per heavy atom. The lowest BCUT2D eigenvalue weighted by Crippen LogP contribution is -2.02. The van der Waals surface area contributed by atoms with Gasteiger partial charge in [0.05, 0.1) is 22.6 Å². The molecule has 1 heterocycles. The van der Waals surface area contributed by atoms with Gasteiger partial charge >= 0.3 is 0 Å². The Balaban J connectivity index is 2.39. The molecular formula is C16H14ClFN2. The summed E-state index contributed by atoms with van der Waals surface area (Å²) in [5.74, 6) is 0.741. The molecule has 3 aromatic rings. The summed E-state index contributed by atoms with van der Waals surface area (Å²) >= 11 is 6.01. The van der Waals surface area contributed by atoms with E-state index in [-0.39, 0.29) is 11.7 Å². The number of aryl methyl sites for hydroxylation is 2. The van der Waals surface area contributed by atoms with Crippen molar-refractivity contribution in [2.45, 2.75) is 19.7 Å². The minimum absolute atomic E-state index is 0.263. The smallest absolute Gasteiger partial charge is 0.129 e. The second-order valence-electron chi connectivity index (χ2n) is 4.92. The van der Waals surface area contributed by atoms with Gasteiger partial charge in [0.2, 0.25) is 0 Å². The first kappa shape index (κ1) is 13.1. The zero-order chi connectivity index (χ0) is 14.3. The number of aromatic nitrogens is 2. The molecule has 0 saturated heterocycles. The molecule has 0 amide bonds. The number of fused-ring (bicyclic) bond motifs is 1. The molecule has 0 aliphatic heterocycles. The Morgan fingerprint density at radius 1 is 1.15 bits per heavy atom. The highest BCUT2D eigenvalue weighted by atomic mass is 35.5.